The summed E-state index contributed by atoms with van der Waals surface area (Å²) >= 11 is 0. The summed E-state index contributed by atoms with van der Waals surface area (Å²) in [7, 11) is 0. The molecule has 6 nitrogen and oxygen atoms in total. The van der Waals surface area contributed by atoms with Crippen LogP contribution in [0.1, 0.15) is 30.9 Å². The van der Waals surface area contributed by atoms with Crippen LogP contribution in [0.4, 0.5) is 0 Å². The van der Waals surface area contributed by atoms with Gasteiger partial charge in [0.25, 0.3) is 5.91 Å². The minimum atomic E-state index is -0.0365. The largest absolute Gasteiger partial charge is 0.454 e. The number of benzene rings is 2. The Morgan fingerprint density at radius 3 is 2.66 bits per heavy atom. The van der Waals surface area contributed by atoms with Crippen molar-refractivity contribution in [3.63, 3.8) is 0 Å². The van der Waals surface area contributed by atoms with E-state index in [9.17, 15) is 4.79 Å². The van der Waals surface area contributed by atoms with Crippen LogP contribution < -0.4 is 9.47 Å². The topological polar surface area (TPSA) is 60.4 Å². The summed E-state index contributed by atoms with van der Waals surface area (Å²) in [4.78, 5) is 19.6. The van der Waals surface area contributed by atoms with Gasteiger partial charge >= 0.3 is 0 Å². The van der Waals surface area contributed by atoms with Crippen molar-refractivity contribution in [1.29, 1.82) is 0 Å². The Kier molecular flexibility index (Phi) is 5.98. The highest BCUT2D eigenvalue weighted by Crippen LogP contribution is 2.32. The maximum Gasteiger partial charge on any atom is 0.263 e. The van der Waals surface area contributed by atoms with Crippen molar-refractivity contribution in [3.8, 4) is 11.5 Å². The van der Waals surface area contributed by atoms with Crippen LogP contribution in [0.3, 0.4) is 0 Å². The van der Waals surface area contributed by atoms with Gasteiger partial charge in [0.15, 0.2) is 18.1 Å². The molecular weight excluding hydrogens is 368 g/mol. The van der Waals surface area contributed by atoms with Crippen molar-refractivity contribution < 1.29 is 19.1 Å². The zero-order valence-electron chi connectivity index (χ0n) is 16.7. The lowest BCUT2D eigenvalue weighted by Gasteiger charge is -2.31. The monoisotopic (exact) mass is 394 g/mol. The van der Waals surface area contributed by atoms with Crippen LogP contribution in [0.5, 0.6) is 11.5 Å². The maximum atomic E-state index is 12.4. The van der Waals surface area contributed by atoms with Gasteiger partial charge in [0.05, 0.1) is 5.71 Å². The van der Waals surface area contributed by atoms with E-state index in [1.165, 1.54) is 5.56 Å². The summed E-state index contributed by atoms with van der Waals surface area (Å²) in [6.45, 7) is 3.61. The van der Waals surface area contributed by atoms with E-state index in [4.69, 9.17) is 14.3 Å². The zero-order chi connectivity index (χ0) is 20.1. The molecule has 2 aromatic carbocycles. The first-order valence-corrected chi connectivity index (χ1v) is 10.1. The molecule has 4 rings (SSSR count). The Hall–Kier alpha value is -3.02. The first kappa shape index (κ1) is 19.3. The molecule has 1 amide bonds. The quantitative estimate of drug-likeness (QED) is 0.554. The lowest BCUT2D eigenvalue weighted by Crippen LogP contribution is -2.40. The van der Waals surface area contributed by atoms with E-state index in [1.54, 1.807) is 0 Å². The molecule has 1 fully saturated rings. The molecule has 0 bridgehead atoms. The average molecular weight is 394 g/mol. The first-order chi connectivity index (χ1) is 14.2. The Balaban J connectivity index is 1.22. The van der Waals surface area contributed by atoms with Gasteiger partial charge in [0.1, 0.15) is 0 Å². The van der Waals surface area contributed by atoms with Gasteiger partial charge in [-0.05, 0) is 55.9 Å². The molecule has 0 saturated carbocycles. The molecule has 29 heavy (non-hydrogen) atoms. The second kappa shape index (κ2) is 8.99. The minimum absolute atomic E-state index is 0.00889. The third-order valence-corrected chi connectivity index (χ3v) is 5.51. The number of piperidine rings is 1. The van der Waals surface area contributed by atoms with E-state index in [2.05, 4.69) is 29.4 Å². The Labute approximate surface area is 171 Å². The standard InChI is InChI=1S/C23H26N2O4/c1-17(20-7-8-21-22(14-20)28-16-27-21)24-29-15-23(26)25-11-9-19(10-12-25)13-18-5-3-2-4-6-18/h2-8,14,19H,9-13,15-16H2,1H3/b24-17-. The first-order valence-electron chi connectivity index (χ1n) is 10.1. The average Bonchev–Trinajstić information content (AvgIpc) is 3.23. The maximum absolute atomic E-state index is 12.4. The number of likely N-dealkylation sites (tertiary alicyclic amines) is 1. The fourth-order valence-electron chi connectivity index (χ4n) is 3.78. The molecule has 1 saturated heterocycles. The Morgan fingerprint density at radius 1 is 1.10 bits per heavy atom. The second-order valence-corrected chi connectivity index (χ2v) is 7.53. The van der Waals surface area contributed by atoms with Crippen LogP contribution in [0.15, 0.2) is 53.7 Å². The van der Waals surface area contributed by atoms with Crippen LogP contribution in [-0.4, -0.2) is 43.0 Å². The number of amides is 1. The summed E-state index contributed by atoms with van der Waals surface area (Å²) in [5.74, 6) is 2.05. The second-order valence-electron chi connectivity index (χ2n) is 7.53. The van der Waals surface area contributed by atoms with Crippen molar-refractivity contribution in [1.82, 2.24) is 4.90 Å². The van der Waals surface area contributed by atoms with Gasteiger partial charge in [0.2, 0.25) is 6.79 Å². The summed E-state index contributed by atoms with van der Waals surface area (Å²) in [6, 6.07) is 16.2. The molecule has 0 atom stereocenters. The van der Waals surface area contributed by atoms with E-state index in [0.29, 0.717) is 17.4 Å². The predicted octanol–water partition coefficient (Wildman–Crippen LogP) is 3.64. The highest BCUT2D eigenvalue weighted by atomic mass is 16.7. The zero-order valence-corrected chi connectivity index (χ0v) is 16.7. The Morgan fingerprint density at radius 2 is 1.86 bits per heavy atom. The number of nitrogens with zero attached hydrogens (tertiary/aromatic N) is 2. The predicted molar refractivity (Wildman–Crippen MR) is 110 cm³/mol. The summed E-state index contributed by atoms with van der Waals surface area (Å²) in [6.07, 6.45) is 3.14. The molecular formula is C23H26N2O4. The van der Waals surface area contributed by atoms with Gasteiger partial charge in [-0.2, -0.15) is 0 Å². The lowest BCUT2D eigenvalue weighted by molar-refractivity contribution is -0.137. The molecule has 0 aromatic heterocycles. The van der Waals surface area contributed by atoms with Gasteiger partial charge in [-0.15, -0.1) is 0 Å². The van der Waals surface area contributed by atoms with E-state index < -0.39 is 0 Å². The van der Waals surface area contributed by atoms with Gasteiger partial charge in [0, 0.05) is 18.7 Å². The third-order valence-electron chi connectivity index (χ3n) is 5.51. The van der Waals surface area contributed by atoms with Crippen LogP contribution in [-0.2, 0) is 16.1 Å². The summed E-state index contributed by atoms with van der Waals surface area (Å²) < 4.78 is 10.7. The fraction of sp³-hybridized carbons (Fsp3) is 0.391. The van der Waals surface area contributed by atoms with Crippen LogP contribution in [0, 0.1) is 5.92 Å². The van der Waals surface area contributed by atoms with Crippen molar-refractivity contribution in [3.05, 3.63) is 59.7 Å². The molecule has 2 heterocycles. The summed E-state index contributed by atoms with van der Waals surface area (Å²) in [5, 5.41) is 4.10. The van der Waals surface area contributed by atoms with Crippen molar-refractivity contribution in [2.75, 3.05) is 26.5 Å². The number of carbonyl (C=O) groups is 1. The van der Waals surface area contributed by atoms with E-state index in [1.807, 2.05) is 36.1 Å². The highest BCUT2D eigenvalue weighted by Gasteiger charge is 2.23. The minimum Gasteiger partial charge on any atom is -0.454 e. The number of carbonyl (C=O) groups excluding carboxylic acids is 1. The van der Waals surface area contributed by atoms with Crippen LogP contribution in [0.2, 0.25) is 0 Å². The molecule has 6 heteroatoms. The number of hydrogen-bond acceptors (Lipinski definition) is 5. The molecule has 152 valence electrons. The number of rotatable bonds is 6. The van der Waals surface area contributed by atoms with Crippen molar-refractivity contribution >= 4 is 11.6 Å². The number of fused-ring (bicyclic) bond motifs is 1. The van der Waals surface area contributed by atoms with Gasteiger partial charge in [-0.25, -0.2) is 0 Å². The number of oxime groups is 1. The van der Waals surface area contributed by atoms with Gasteiger partial charge in [-0.3, -0.25) is 4.79 Å². The van der Waals surface area contributed by atoms with E-state index >= 15 is 0 Å². The molecule has 2 aliphatic heterocycles. The third kappa shape index (κ3) is 4.88. The number of ether oxygens (including phenoxy) is 2. The molecule has 0 aliphatic carbocycles. The lowest BCUT2D eigenvalue weighted by atomic mass is 9.90. The van der Waals surface area contributed by atoms with E-state index in [-0.39, 0.29) is 19.3 Å². The van der Waals surface area contributed by atoms with Crippen LogP contribution >= 0.6 is 0 Å². The molecule has 2 aliphatic rings. The molecule has 2 aromatic rings. The van der Waals surface area contributed by atoms with Crippen molar-refractivity contribution in [2.45, 2.75) is 26.2 Å². The number of hydrogen-bond donors (Lipinski definition) is 0. The van der Waals surface area contributed by atoms with Crippen molar-refractivity contribution in [2.24, 2.45) is 11.1 Å². The SMILES string of the molecule is C/C(=N/OCC(=O)N1CCC(Cc2ccccc2)CC1)c1ccc2c(c1)OCO2. The highest BCUT2D eigenvalue weighted by molar-refractivity contribution is 5.99. The fourth-order valence-corrected chi connectivity index (χ4v) is 3.78. The molecule has 0 spiro atoms. The van der Waals surface area contributed by atoms with Gasteiger partial charge in [-0.1, -0.05) is 35.5 Å². The normalized spacial score (nSPS) is 16.7. The smallest absolute Gasteiger partial charge is 0.263 e. The summed E-state index contributed by atoms with van der Waals surface area (Å²) in [5.41, 5.74) is 2.94. The Bertz CT molecular complexity index is 874. The molecule has 0 radical (unpaired) electrons. The van der Waals surface area contributed by atoms with E-state index in [0.717, 1.165) is 43.7 Å². The van der Waals surface area contributed by atoms with Crippen LogP contribution in [0.25, 0.3) is 0 Å². The molecule has 0 N–H and O–H groups in total. The van der Waals surface area contributed by atoms with Gasteiger partial charge < -0.3 is 19.2 Å². The molecule has 0 unspecified atom stereocenters.